The summed E-state index contributed by atoms with van der Waals surface area (Å²) < 4.78 is 5.43. The highest BCUT2D eigenvalue weighted by Gasteiger charge is 2.16. The van der Waals surface area contributed by atoms with Gasteiger partial charge in [-0.3, -0.25) is 0 Å². The predicted octanol–water partition coefficient (Wildman–Crippen LogP) is 4.52. The average molecular weight is 261 g/mol. The quantitative estimate of drug-likeness (QED) is 0.860. The third-order valence-corrected chi connectivity index (χ3v) is 3.95. The molecule has 2 nitrogen and oxygen atoms in total. The second-order valence-corrected chi connectivity index (χ2v) is 6.19. The molecule has 0 amide bonds. The summed E-state index contributed by atoms with van der Waals surface area (Å²) in [6, 6.07) is 7.46. The lowest BCUT2D eigenvalue weighted by Crippen LogP contribution is -2.28. The van der Waals surface area contributed by atoms with Crippen molar-refractivity contribution in [1.82, 2.24) is 0 Å². The number of nitrogens with one attached hydrogen (secondary N) is 1. The van der Waals surface area contributed by atoms with E-state index in [1.807, 2.05) is 0 Å². The summed E-state index contributed by atoms with van der Waals surface area (Å²) >= 11 is 0. The van der Waals surface area contributed by atoms with Crippen LogP contribution >= 0.6 is 0 Å². The van der Waals surface area contributed by atoms with E-state index in [4.69, 9.17) is 4.74 Å². The normalized spacial score (nSPS) is 17.2. The molecule has 0 unspecified atom stereocenters. The van der Waals surface area contributed by atoms with Crippen LogP contribution < -0.4 is 5.32 Å². The lowest BCUT2D eigenvalue weighted by atomic mass is 9.93. The number of hydrogen-bond acceptors (Lipinski definition) is 2. The minimum absolute atomic E-state index is 0.557. The molecule has 2 heteroatoms. The van der Waals surface area contributed by atoms with Gasteiger partial charge in [-0.1, -0.05) is 39.8 Å². The lowest BCUT2D eigenvalue weighted by Gasteiger charge is -2.26. The Morgan fingerprint density at radius 1 is 1.05 bits per heavy atom. The Morgan fingerprint density at radius 2 is 1.74 bits per heavy atom. The molecule has 1 heterocycles. The molecular formula is C17H27NO. The van der Waals surface area contributed by atoms with Gasteiger partial charge in [0.25, 0.3) is 0 Å². The largest absolute Gasteiger partial charge is 0.382 e. The van der Waals surface area contributed by atoms with Crippen molar-refractivity contribution in [2.24, 2.45) is 0 Å². The van der Waals surface area contributed by atoms with Crippen molar-refractivity contribution >= 4 is 5.69 Å². The average Bonchev–Trinajstić information content (AvgIpc) is 2.39. The second-order valence-electron chi connectivity index (χ2n) is 6.19. The summed E-state index contributed by atoms with van der Waals surface area (Å²) in [5.74, 6) is 1.15. The second kappa shape index (κ2) is 6.42. The van der Waals surface area contributed by atoms with E-state index in [0.717, 1.165) is 26.1 Å². The first kappa shape index (κ1) is 14.4. The molecule has 1 saturated heterocycles. The molecule has 0 radical (unpaired) electrons. The molecule has 0 aliphatic carbocycles. The van der Waals surface area contributed by atoms with Crippen LogP contribution in [0.15, 0.2) is 18.2 Å². The Bertz CT molecular complexity index is 406. The van der Waals surface area contributed by atoms with E-state index < -0.39 is 0 Å². The maximum Gasteiger partial charge on any atom is 0.0485 e. The molecule has 1 aliphatic rings. The van der Waals surface area contributed by atoms with E-state index in [9.17, 15) is 0 Å². The van der Waals surface area contributed by atoms with Crippen LogP contribution in [0, 0.1) is 0 Å². The van der Waals surface area contributed by atoms with Gasteiger partial charge in [-0.15, -0.1) is 0 Å². The smallest absolute Gasteiger partial charge is 0.0485 e. The summed E-state index contributed by atoms with van der Waals surface area (Å²) in [6.07, 6.45) is 2.23. The maximum absolute atomic E-state index is 5.43. The first-order chi connectivity index (χ1) is 9.08. The summed E-state index contributed by atoms with van der Waals surface area (Å²) in [6.45, 7) is 10.8. The van der Waals surface area contributed by atoms with Gasteiger partial charge < -0.3 is 10.1 Å². The van der Waals surface area contributed by atoms with Gasteiger partial charge >= 0.3 is 0 Å². The van der Waals surface area contributed by atoms with Crippen LogP contribution in [0.25, 0.3) is 0 Å². The highest BCUT2D eigenvalue weighted by Crippen LogP contribution is 2.29. The van der Waals surface area contributed by atoms with E-state index in [1.165, 1.54) is 16.8 Å². The molecule has 1 aliphatic heterocycles. The molecular weight excluding hydrogens is 234 g/mol. The molecule has 0 aromatic heterocycles. The molecule has 106 valence electrons. The van der Waals surface area contributed by atoms with Gasteiger partial charge in [0, 0.05) is 24.9 Å². The van der Waals surface area contributed by atoms with Gasteiger partial charge in [0.15, 0.2) is 0 Å². The highest BCUT2D eigenvalue weighted by molar-refractivity contribution is 5.55. The maximum atomic E-state index is 5.43. The molecule has 2 rings (SSSR count). The van der Waals surface area contributed by atoms with Crippen LogP contribution in [0.3, 0.4) is 0 Å². The molecule has 1 aromatic carbocycles. The van der Waals surface area contributed by atoms with Gasteiger partial charge in [-0.2, -0.15) is 0 Å². The molecule has 19 heavy (non-hydrogen) atoms. The van der Waals surface area contributed by atoms with Crippen LogP contribution in [-0.2, 0) is 4.74 Å². The molecule has 1 fully saturated rings. The van der Waals surface area contributed by atoms with Crippen LogP contribution in [0.1, 0.15) is 63.5 Å². The van der Waals surface area contributed by atoms with Crippen molar-refractivity contribution in [2.45, 2.75) is 58.4 Å². The fourth-order valence-corrected chi connectivity index (χ4v) is 2.61. The number of hydrogen-bond donors (Lipinski definition) is 1. The van der Waals surface area contributed by atoms with E-state index in [1.54, 1.807) is 0 Å². The fraction of sp³-hybridized carbons (Fsp3) is 0.647. The van der Waals surface area contributed by atoms with E-state index in [-0.39, 0.29) is 0 Å². The Hall–Kier alpha value is -1.02. The zero-order valence-electron chi connectivity index (χ0n) is 12.7. The summed E-state index contributed by atoms with van der Waals surface area (Å²) in [5.41, 5.74) is 4.19. The Kier molecular flexibility index (Phi) is 4.87. The van der Waals surface area contributed by atoms with E-state index in [0.29, 0.717) is 17.9 Å². The lowest BCUT2D eigenvalue weighted by molar-refractivity contribution is 0.0904. The van der Waals surface area contributed by atoms with Crippen LogP contribution in [0.2, 0.25) is 0 Å². The summed E-state index contributed by atoms with van der Waals surface area (Å²) in [7, 11) is 0. The van der Waals surface area contributed by atoms with Gasteiger partial charge in [-0.05, 0) is 41.9 Å². The molecule has 1 N–H and O–H groups in total. The summed E-state index contributed by atoms with van der Waals surface area (Å²) in [4.78, 5) is 0. The van der Waals surface area contributed by atoms with E-state index in [2.05, 4.69) is 51.2 Å². The number of anilines is 1. The third-order valence-electron chi connectivity index (χ3n) is 3.95. The Labute approximate surface area is 117 Å². The van der Waals surface area contributed by atoms with Gasteiger partial charge in [-0.25, -0.2) is 0 Å². The SMILES string of the molecule is CC(C)c1ccc(NC2CCOCC2)c(C(C)C)c1. The minimum Gasteiger partial charge on any atom is -0.382 e. The summed E-state index contributed by atoms with van der Waals surface area (Å²) in [5, 5.41) is 3.72. The molecule has 0 atom stereocenters. The van der Waals surface area contributed by atoms with Crippen LogP contribution in [0.5, 0.6) is 0 Å². The fourth-order valence-electron chi connectivity index (χ4n) is 2.61. The zero-order valence-corrected chi connectivity index (χ0v) is 12.7. The van der Waals surface area contributed by atoms with Crippen molar-refractivity contribution in [3.8, 4) is 0 Å². The van der Waals surface area contributed by atoms with Crippen LogP contribution in [-0.4, -0.2) is 19.3 Å². The highest BCUT2D eigenvalue weighted by atomic mass is 16.5. The zero-order chi connectivity index (χ0) is 13.8. The standard InChI is InChI=1S/C17H27NO/c1-12(2)14-5-6-17(16(11-14)13(3)4)18-15-7-9-19-10-8-15/h5-6,11-13,15,18H,7-10H2,1-4H3. The third kappa shape index (κ3) is 3.73. The first-order valence-electron chi connectivity index (χ1n) is 7.56. The minimum atomic E-state index is 0.557. The predicted molar refractivity (Wildman–Crippen MR) is 82.1 cm³/mol. The number of rotatable bonds is 4. The van der Waals surface area contributed by atoms with Crippen molar-refractivity contribution < 1.29 is 4.74 Å². The monoisotopic (exact) mass is 261 g/mol. The van der Waals surface area contributed by atoms with Crippen molar-refractivity contribution in [1.29, 1.82) is 0 Å². The van der Waals surface area contributed by atoms with Gasteiger partial charge in [0.1, 0.15) is 0 Å². The van der Waals surface area contributed by atoms with Crippen molar-refractivity contribution in [2.75, 3.05) is 18.5 Å². The van der Waals surface area contributed by atoms with E-state index >= 15 is 0 Å². The molecule has 1 aromatic rings. The number of benzene rings is 1. The van der Waals surface area contributed by atoms with Crippen LogP contribution in [0.4, 0.5) is 5.69 Å². The Balaban J connectivity index is 2.18. The first-order valence-corrected chi connectivity index (χ1v) is 7.56. The molecule has 0 bridgehead atoms. The van der Waals surface area contributed by atoms with Crippen molar-refractivity contribution in [3.05, 3.63) is 29.3 Å². The van der Waals surface area contributed by atoms with Gasteiger partial charge in [0.05, 0.1) is 0 Å². The van der Waals surface area contributed by atoms with Gasteiger partial charge in [0.2, 0.25) is 0 Å². The molecule has 0 saturated carbocycles. The molecule has 0 spiro atoms. The topological polar surface area (TPSA) is 21.3 Å². The Morgan fingerprint density at radius 3 is 2.32 bits per heavy atom. The number of ether oxygens (including phenoxy) is 1. The van der Waals surface area contributed by atoms with Crippen molar-refractivity contribution in [3.63, 3.8) is 0 Å².